The Balaban J connectivity index is 3.06. The van der Waals surface area contributed by atoms with Crippen LogP contribution in [-0.2, 0) is 11.5 Å². The molecule has 0 unspecified atom stereocenters. The molecule has 0 aliphatic carbocycles. The van der Waals surface area contributed by atoms with Gasteiger partial charge in [-0.1, -0.05) is 0 Å². The van der Waals surface area contributed by atoms with E-state index in [1.165, 1.54) is 51.8 Å². The van der Waals surface area contributed by atoms with E-state index in [0.29, 0.717) is 0 Å². The predicted molar refractivity (Wildman–Crippen MR) is 96.0 cm³/mol. The van der Waals surface area contributed by atoms with Crippen LogP contribution in [0.15, 0.2) is 18.3 Å². The SMILES string of the molecule is CCC[CH2][Sn]([CH2]CCC)([CH2]CCC)[c]1cccn1COC. The summed E-state index contributed by atoms with van der Waals surface area (Å²) < 4.78 is 14.1. The molecule has 1 aromatic rings. The second-order valence-corrected chi connectivity index (χ2v) is 19.4. The summed E-state index contributed by atoms with van der Waals surface area (Å²) in [6.45, 7) is 7.74. The van der Waals surface area contributed by atoms with Gasteiger partial charge < -0.3 is 0 Å². The van der Waals surface area contributed by atoms with E-state index in [-0.39, 0.29) is 0 Å². The van der Waals surface area contributed by atoms with Gasteiger partial charge in [0.25, 0.3) is 0 Å². The fraction of sp³-hybridized carbons (Fsp3) is 0.778. The molecule has 0 spiro atoms. The molecule has 1 aromatic heterocycles. The maximum atomic E-state index is 5.43. The zero-order chi connectivity index (χ0) is 15.6. The Hall–Kier alpha value is 0.0387. The number of hydrogen-bond donors (Lipinski definition) is 0. The van der Waals surface area contributed by atoms with E-state index in [1.807, 2.05) is 7.11 Å². The van der Waals surface area contributed by atoms with Crippen molar-refractivity contribution in [3.8, 4) is 0 Å². The van der Waals surface area contributed by atoms with Crippen molar-refractivity contribution in [3.63, 3.8) is 0 Å². The topological polar surface area (TPSA) is 14.2 Å². The van der Waals surface area contributed by atoms with E-state index in [9.17, 15) is 0 Å². The van der Waals surface area contributed by atoms with Crippen molar-refractivity contribution < 1.29 is 4.74 Å². The molecule has 3 heteroatoms. The quantitative estimate of drug-likeness (QED) is 0.443. The number of methoxy groups -OCH3 is 1. The van der Waals surface area contributed by atoms with E-state index in [0.717, 1.165) is 6.73 Å². The minimum absolute atomic E-state index is 0.728. The first-order chi connectivity index (χ1) is 10.2. The Labute approximate surface area is 136 Å². The Morgan fingerprint density at radius 3 is 1.90 bits per heavy atom. The fourth-order valence-electron chi connectivity index (χ4n) is 3.45. The summed E-state index contributed by atoms with van der Waals surface area (Å²) >= 11 is -2.27. The van der Waals surface area contributed by atoms with Crippen LogP contribution in [0.1, 0.15) is 59.3 Å². The molecule has 0 fully saturated rings. The van der Waals surface area contributed by atoms with Gasteiger partial charge in [-0.2, -0.15) is 0 Å². The first-order valence-electron chi connectivity index (χ1n) is 8.88. The molecule has 21 heavy (non-hydrogen) atoms. The van der Waals surface area contributed by atoms with E-state index in [1.54, 1.807) is 3.71 Å². The summed E-state index contributed by atoms with van der Waals surface area (Å²) in [6, 6.07) is 4.67. The van der Waals surface area contributed by atoms with Gasteiger partial charge in [0.1, 0.15) is 0 Å². The Bertz CT molecular complexity index is 353. The number of hydrogen-bond acceptors (Lipinski definition) is 1. The second kappa shape index (κ2) is 10.7. The monoisotopic (exact) mass is 401 g/mol. The van der Waals surface area contributed by atoms with Gasteiger partial charge in [0.2, 0.25) is 0 Å². The van der Waals surface area contributed by atoms with Crippen molar-refractivity contribution in [1.29, 1.82) is 0 Å². The normalized spacial score (nSPS) is 12.0. The van der Waals surface area contributed by atoms with Gasteiger partial charge in [0.05, 0.1) is 0 Å². The van der Waals surface area contributed by atoms with Crippen molar-refractivity contribution in [2.24, 2.45) is 0 Å². The van der Waals surface area contributed by atoms with Gasteiger partial charge in [-0.15, -0.1) is 0 Å². The second-order valence-electron chi connectivity index (χ2n) is 6.37. The van der Waals surface area contributed by atoms with Gasteiger partial charge in [-0.3, -0.25) is 0 Å². The molecule has 0 N–H and O–H groups in total. The summed E-state index contributed by atoms with van der Waals surface area (Å²) in [6.07, 6.45) is 10.5. The van der Waals surface area contributed by atoms with E-state index < -0.39 is 18.4 Å². The zero-order valence-corrected chi connectivity index (χ0v) is 17.5. The first-order valence-corrected chi connectivity index (χ1v) is 16.4. The molecule has 0 atom stereocenters. The number of aromatic nitrogens is 1. The summed E-state index contributed by atoms with van der Waals surface area (Å²) in [5, 5.41) is 0. The average molecular weight is 400 g/mol. The Morgan fingerprint density at radius 2 is 1.48 bits per heavy atom. The third-order valence-electron chi connectivity index (χ3n) is 4.67. The van der Waals surface area contributed by atoms with Gasteiger partial charge >= 0.3 is 136 Å². The number of rotatable bonds is 12. The molecule has 0 radical (unpaired) electrons. The maximum absolute atomic E-state index is 5.43. The van der Waals surface area contributed by atoms with Crippen LogP contribution >= 0.6 is 0 Å². The van der Waals surface area contributed by atoms with E-state index in [2.05, 4.69) is 43.7 Å². The molecule has 1 heterocycles. The number of nitrogens with zero attached hydrogens (tertiary/aromatic N) is 1. The summed E-state index contributed by atoms with van der Waals surface area (Å²) in [4.78, 5) is 0. The summed E-state index contributed by atoms with van der Waals surface area (Å²) in [5.41, 5.74) is 0. The van der Waals surface area contributed by atoms with Gasteiger partial charge in [-0.05, 0) is 0 Å². The van der Waals surface area contributed by atoms with Crippen LogP contribution in [0.5, 0.6) is 0 Å². The standard InChI is InChI=1S/C6H8NO.3C4H9.Sn/c1-8-6-7-4-2-3-5-7;3*1-3-4-2;/h2-4H,6H2,1H3;3*1,3-4H2,2H3;. The molecular weight excluding hydrogens is 365 g/mol. The van der Waals surface area contributed by atoms with Crippen LogP contribution in [0.2, 0.25) is 13.3 Å². The molecule has 0 amide bonds. The Kier molecular flexibility index (Phi) is 9.74. The molecule has 0 aromatic carbocycles. The van der Waals surface area contributed by atoms with Crippen molar-refractivity contribution in [2.45, 2.75) is 79.3 Å². The van der Waals surface area contributed by atoms with Crippen molar-refractivity contribution in [3.05, 3.63) is 18.3 Å². The molecule has 0 saturated carbocycles. The van der Waals surface area contributed by atoms with Gasteiger partial charge in [-0.25, -0.2) is 0 Å². The fourth-order valence-corrected chi connectivity index (χ4v) is 20.0. The predicted octanol–water partition coefficient (Wildman–Crippen LogP) is 5.15. The van der Waals surface area contributed by atoms with Crippen molar-refractivity contribution in [1.82, 2.24) is 4.57 Å². The molecule has 122 valence electrons. The van der Waals surface area contributed by atoms with Crippen molar-refractivity contribution >= 4 is 22.1 Å². The van der Waals surface area contributed by atoms with Crippen LogP contribution in [0.25, 0.3) is 0 Å². The summed E-state index contributed by atoms with van der Waals surface area (Å²) in [5.74, 6) is 0. The third kappa shape index (κ3) is 5.63. The van der Waals surface area contributed by atoms with Crippen LogP contribution < -0.4 is 3.71 Å². The number of ether oxygens (including phenoxy) is 1. The average Bonchev–Trinajstić information content (AvgIpc) is 2.96. The molecule has 0 bridgehead atoms. The molecular formula is C18H35NOSn. The van der Waals surface area contributed by atoms with E-state index in [4.69, 9.17) is 4.74 Å². The molecule has 0 aliphatic heterocycles. The molecule has 2 nitrogen and oxygen atoms in total. The van der Waals surface area contributed by atoms with Crippen LogP contribution in [0, 0.1) is 0 Å². The third-order valence-corrected chi connectivity index (χ3v) is 20.3. The number of unbranched alkanes of at least 4 members (excludes halogenated alkanes) is 3. The van der Waals surface area contributed by atoms with Crippen molar-refractivity contribution in [2.75, 3.05) is 7.11 Å². The van der Waals surface area contributed by atoms with E-state index >= 15 is 0 Å². The van der Waals surface area contributed by atoms with Gasteiger partial charge in [0, 0.05) is 0 Å². The molecule has 1 rings (SSSR count). The molecule has 0 saturated heterocycles. The summed E-state index contributed by atoms with van der Waals surface area (Å²) in [7, 11) is 1.81. The first kappa shape index (κ1) is 19.1. The van der Waals surface area contributed by atoms with Crippen LogP contribution in [0.4, 0.5) is 0 Å². The Morgan fingerprint density at radius 1 is 0.952 bits per heavy atom. The van der Waals surface area contributed by atoms with Crippen LogP contribution in [0.3, 0.4) is 0 Å². The van der Waals surface area contributed by atoms with Crippen LogP contribution in [-0.4, -0.2) is 30.1 Å². The zero-order valence-electron chi connectivity index (χ0n) is 14.7. The van der Waals surface area contributed by atoms with Gasteiger partial charge in [0.15, 0.2) is 0 Å². The molecule has 0 aliphatic rings. The minimum atomic E-state index is -2.27.